The zero-order chi connectivity index (χ0) is 13.8. The Hall–Kier alpha value is -1.78. The molecule has 0 spiro atoms. The van der Waals surface area contributed by atoms with Crippen LogP contribution in [-0.4, -0.2) is 39.0 Å². The summed E-state index contributed by atoms with van der Waals surface area (Å²) in [5.41, 5.74) is 0.475. The standard InChI is InChI=1S/C14H20N2O3/c1-2-11-6-3-4-9-16(11)14(19)12-7-5-8-15(12)10-13(17)18/h5,7-8,11H,2-4,6,9-10H2,1H3,(H,17,18). The molecule has 1 aromatic heterocycles. The molecule has 1 aromatic rings. The SMILES string of the molecule is CCC1CCCCN1C(=O)c1cccn1CC(=O)O. The number of rotatable bonds is 4. The van der Waals surface area contributed by atoms with Crippen LogP contribution in [0.2, 0.25) is 0 Å². The highest BCUT2D eigenvalue weighted by Crippen LogP contribution is 2.22. The highest BCUT2D eigenvalue weighted by molar-refractivity contribution is 5.93. The third kappa shape index (κ3) is 2.97. The molecule has 2 rings (SSSR count). The lowest BCUT2D eigenvalue weighted by Gasteiger charge is -2.35. The zero-order valence-corrected chi connectivity index (χ0v) is 11.2. The predicted molar refractivity (Wildman–Crippen MR) is 71.0 cm³/mol. The molecule has 1 aliphatic heterocycles. The second kappa shape index (κ2) is 5.91. The number of hydrogen-bond donors (Lipinski definition) is 1. The quantitative estimate of drug-likeness (QED) is 0.904. The molecular weight excluding hydrogens is 244 g/mol. The number of hydrogen-bond acceptors (Lipinski definition) is 2. The number of carboxylic acid groups (broad SMARTS) is 1. The maximum atomic E-state index is 12.5. The third-order valence-corrected chi connectivity index (χ3v) is 3.71. The third-order valence-electron chi connectivity index (χ3n) is 3.71. The van der Waals surface area contributed by atoms with Crippen molar-refractivity contribution in [1.29, 1.82) is 0 Å². The van der Waals surface area contributed by atoms with Gasteiger partial charge in [0.1, 0.15) is 12.2 Å². The summed E-state index contributed by atoms with van der Waals surface area (Å²) in [6.07, 6.45) is 5.83. The molecule has 1 atom stereocenters. The molecule has 0 aromatic carbocycles. The van der Waals surface area contributed by atoms with E-state index in [0.717, 1.165) is 25.8 Å². The zero-order valence-electron chi connectivity index (χ0n) is 11.2. The molecule has 1 amide bonds. The Morgan fingerprint density at radius 3 is 2.89 bits per heavy atom. The minimum absolute atomic E-state index is 0.0437. The maximum absolute atomic E-state index is 12.5. The van der Waals surface area contributed by atoms with Crippen LogP contribution in [0, 0.1) is 0 Å². The first-order valence-electron chi connectivity index (χ1n) is 6.81. The number of aromatic nitrogens is 1. The molecule has 1 fully saturated rings. The van der Waals surface area contributed by atoms with E-state index in [1.165, 1.54) is 11.0 Å². The average molecular weight is 264 g/mol. The Kier molecular flexibility index (Phi) is 4.24. The summed E-state index contributed by atoms with van der Waals surface area (Å²) in [4.78, 5) is 25.2. The van der Waals surface area contributed by atoms with Crippen LogP contribution in [0.15, 0.2) is 18.3 Å². The summed E-state index contributed by atoms with van der Waals surface area (Å²) in [7, 11) is 0. The largest absolute Gasteiger partial charge is 0.480 e. The van der Waals surface area contributed by atoms with Crippen LogP contribution in [0.3, 0.4) is 0 Å². The van der Waals surface area contributed by atoms with Crippen molar-refractivity contribution in [3.63, 3.8) is 0 Å². The maximum Gasteiger partial charge on any atom is 0.323 e. The molecule has 104 valence electrons. The minimum atomic E-state index is -0.934. The molecule has 0 aliphatic carbocycles. The number of carbonyl (C=O) groups excluding carboxylic acids is 1. The fourth-order valence-electron chi connectivity index (χ4n) is 2.73. The number of carboxylic acids is 1. The highest BCUT2D eigenvalue weighted by Gasteiger charge is 2.27. The van der Waals surface area contributed by atoms with E-state index in [1.54, 1.807) is 18.3 Å². The number of carbonyl (C=O) groups is 2. The fraction of sp³-hybridized carbons (Fsp3) is 0.571. The Balaban J connectivity index is 2.18. The van der Waals surface area contributed by atoms with Gasteiger partial charge in [0.15, 0.2) is 0 Å². The fourth-order valence-corrected chi connectivity index (χ4v) is 2.73. The molecular formula is C14H20N2O3. The Labute approximate surface area is 112 Å². The van der Waals surface area contributed by atoms with E-state index in [2.05, 4.69) is 6.92 Å². The lowest BCUT2D eigenvalue weighted by atomic mass is 9.99. The molecule has 0 saturated carbocycles. The van der Waals surface area contributed by atoms with E-state index >= 15 is 0 Å². The molecule has 1 saturated heterocycles. The number of aliphatic carboxylic acids is 1. The van der Waals surface area contributed by atoms with Gasteiger partial charge in [-0.25, -0.2) is 0 Å². The van der Waals surface area contributed by atoms with Gasteiger partial charge in [-0.1, -0.05) is 6.92 Å². The molecule has 1 unspecified atom stereocenters. The van der Waals surface area contributed by atoms with Crippen molar-refractivity contribution in [2.45, 2.75) is 45.2 Å². The molecule has 19 heavy (non-hydrogen) atoms. The summed E-state index contributed by atoms with van der Waals surface area (Å²) in [6, 6.07) is 3.71. The molecule has 2 heterocycles. The first-order chi connectivity index (χ1) is 9.13. The molecule has 5 heteroatoms. The molecule has 0 radical (unpaired) electrons. The first kappa shape index (κ1) is 13.6. The van der Waals surface area contributed by atoms with Crippen LogP contribution in [0.25, 0.3) is 0 Å². The van der Waals surface area contributed by atoms with E-state index in [9.17, 15) is 9.59 Å². The number of amides is 1. The van der Waals surface area contributed by atoms with Crippen LogP contribution in [0.5, 0.6) is 0 Å². The first-order valence-corrected chi connectivity index (χ1v) is 6.81. The second-order valence-electron chi connectivity index (χ2n) is 4.97. The van der Waals surface area contributed by atoms with Crippen LogP contribution in [-0.2, 0) is 11.3 Å². The summed E-state index contributed by atoms with van der Waals surface area (Å²) < 4.78 is 1.51. The van der Waals surface area contributed by atoms with Crippen LogP contribution in [0.1, 0.15) is 43.1 Å². The van der Waals surface area contributed by atoms with Gasteiger partial charge in [0.2, 0.25) is 0 Å². The monoisotopic (exact) mass is 264 g/mol. The van der Waals surface area contributed by atoms with Gasteiger partial charge in [0.25, 0.3) is 5.91 Å². The van der Waals surface area contributed by atoms with Crippen molar-refractivity contribution < 1.29 is 14.7 Å². The van der Waals surface area contributed by atoms with Crippen LogP contribution < -0.4 is 0 Å². The number of nitrogens with zero attached hydrogens (tertiary/aromatic N) is 2. The van der Waals surface area contributed by atoms with Crippen molar-refractivity contribution in [3.8, 4) is 0 Å². The van der Waals surface area contributed by atoms with E-state index < -0.39 is 5.97 Å². The Bertz CT molecular complexity index is 467. The highest BCUT2D eigenvalue weighted by atomic mass is 16.4. The molecule has 5 nitrogen and oxygen atoms in total. The molecule has 1 N–H and O–H groups in total. The number of likely N-dealkylation sites (tertiary alicyclic amines) is 1. The van der Waals surface area contributed by atoms with Crippen molar-refractivity contribution in [2.75, 3.05) is 6.54 Å². The van der Waals surface area contributed by atoms with Gasteiger partial charge in [-0.2, -0.15) is 0 Å². The van der Waals surface area contributed by atoms with Gasteiger partial charge in [-0.15, -0.1) is 0 Å². The number of piperidine rings is 1. The smallest absolute Gasteiger partial charge is 0.323 e. The minimum Gasteiger partial charge on any atom is -0.480 e. The van der Waals surface area contributed by atoms with Gasteiger partial charge < -0.3 is 14.6 Å². The van der Waals surface area contributed by atoms with Crippen LogP contribution >= 0.6 is 0 Å². The van der Waals surface area contributed by atoms with E-state index in [-0.39, 0.29) is 18.5 Å². The van der Waals surface area contributed by atoms with E-state index in [0.29, 0.717) is 5.69 Å². The topological polar surface area (TPSA) is 62.5 Å². The normalized spacial score (nSPS) is 19.4. The average Bonchev–Trinajstić information content (AvgIpc) is 2.85. The summed E-state index contributed by atoms with van der Waals surface area (Å²) in [5.74, 6) is -0.978. The molecule has 1 aliphatic rings. The predicted octanol–water partition coefficient (Wildman–Crippen LogP) is 1.98. The lowest BCUT2D eigenvalue weighted by Crippen LogP contribution is -2.44. The molecule has 0 bridgehead atoms. The van der Waals surface area contributed by atoms with Crippen LogP contribution in [0.4, 0.5) is 0 Å². The summed E-state index contributed by atoms with van der Waals surface area (Å²) in [5, 5.41) is 8.85. The van der Waals surface area contributed by atoms with Crippen molar-refractivity contribution in [1.82, 2.24) is 9.47 Å². The van der Waals surface area contributed by atoms with Crippen molar-refractivity contribution in [3.05, 3.63) is 24.0 Å². The Morgan fingerprint density at radius 1 is 1.42 bits per heavy atom. The Morgan fingerprint density at radius 2 is 2.21 bits per heavy atom. The van der Waals surface area contributed by atoms with Gasteiger partial charge in [-0.3, -0.25) is 9.59 Å². The van der Waals surface area contributed by atoms with E-state index in [1.807, 2.05) is 4.90 Å². The second-order valence-corrected chi connectivity index (χ2v) is 4.97. The van der Waals surface area contributed by atoms with Crippen molar-refractivity contribution in [2.24, 2.45) is 0 Å². The summed E-state index contributed by atoms with van der Waals surface area (Å²) >= 11 is 0. The van der Waals surface area contributed by atoms with Crippen molar-refractivity contribution >= 4 is 11.9 Å². The van der Waals surface area contributed by atoms with Gasteiger partial charge >= 0.3 is 5.97 Å². The van der Waals surface area contributed by atoms with E-state index in [4.69, 9.17) is 5.11 Å². The summed E-state index contributed by atoms with van der Waals surface area (Å²) in [6.45, 7) is 2.70. The van der Waals surface area contributed by atoms with Gasteiger partial charge in [0.05, 0.1) is 0 Å². The van der Waals surface area contributed by atoms with Gasteiger partial charge in [-0.05, 0) is 37.8 Å². The van der Waals surface area contributed by atoms with Gasteiger partial charge in [0, 0.05) is 18.8 Å². The lowest BCUT2D eigenvalue weighted by molar-refractivity contribution is -0.137.